The Labute approximate surface area is 426 Å². The van der Waals surface area contributed by atoms with Crippen molar-refractivity contribution >= 4 is 46.4 Å². The number of aryl methyl sites for hydroxylation is 3. The highest BCUT2D eigenvalue weighted by atomic mass is 35.5. The first-order chi connectivity index (χ1) is 34.6. The van der Waals surface area contributed by atoms with Gasteiger partial charge in [0.25, 0.3) is 0 Å². The molecule has 2 fully saturated rings. The van der Waals surface area contributed by atoms with Crippen molar-refractivity contribution < 1.29 is 24.2 Å². The molecular weight excluding hydrogens is 952 g/mol. The number of carbonyl (C=O) groups excluding carboxylic acids is 3. The Morgan fingerprint density at radius 2 is 1.67 bits per heavy atom. The van der Waals surface area contributed by atoms with Crippen LogP contribution in [0.2, 0.25) is 5.02 Å². The maximum absolute atomic E-state index is 14.4. The summed E-state index contributed by atoms with van der Waals surface area (Å²) in [6, 6.07) is 16.6. The number of halogens is 1. The Morgan fingerprint density at radius 1 is 0.903 bits per heavy atom. The first-order valence-electron chi connectivity index (χ1n) is 24.3. The second kappa shape index (κ2) is 19.9. The average molecular weight is 1010 g/mol. The molecule has 0 radical (unpaired) electrons. The first-order valence-corrected chi connectivity index (χ1v) is 25.5. The van der Waals surface area contributed by atoms with Crippen molar-refractivity contribution in [1.82, 2.24) is 54.6 Å². The van der Waals surface area contributed by atoms with Crippen LogP contribution >= 0.6 is 22.9 Å². The molecule has 10 rings (SSSR count). The van der Waals surface area contributed by atoms with Crippen molar-refractivity contribution in [3.8, 4) is 27.7 Å². The number of hydrogen-bond acceptors (Lipinski definition) is 12. The van der Waals surface area contributed by atoms with Gasteiger partial charge >= 0.3 is 0 Å². The van der Waals surface area contributed by atoms with Crippen molar-refractivity contribution in [2.75, 3.05) is 6.54 Å². The van der Waals surface area contributed by atoms with Crippen LogP contribution in [0.15, 0.2) is 96.6 Å². The molecule has 5 aromatic heterocycles. The van der Waals surface area contributed by atoms with Gasteiger partial charge in [-0.1, -0.05) is 49.7 Å². The fourth-order valence-corrected chi connectivity index (χ4v) is 11.3. The van der Waals surface area contributed by atoms with Gasteiger partial charge in [-0.15, -0.1) is 21.5 Å². The second-order valence-electron chi connectivity index (χ2n) is 19.4. The van der Waals surface area contributed by atoms with E-state index >= 15 is 0 Å². The van der Waals surface area contributed by atoms with E-state index in [1.807, 2.05) is 117 Å². The Bertz CT molecular complexity index is 3190. The molecule has 1 aliphatic carbocycles. The number of aliphatic hydroxyl groups excluding tert-OH is 1. The van der Waals surface area contributed by atoms with Gasteiger partial charge in [0.2, 0.25) is 23.6 Å². The molecule has 0 bridgehead atoms. The van der Waals surface area contributed by atoms with Crippen LogP contribution in [-0.4, -0.2) is 103 Å². The van der Waals surface area contributed by atoms with Gasteiger partial charge in [0, 0.05) is 95.0 Å². The summed E-state index contributed by atoms with van der Waals surface area (Å²) < 4.78 is 12.0. The highest BCUT2D eigenvalue weighted by molar-refractivity contribution is 7.15. The predicted octanol–water partition coefficient (Wildman–Crippen LogP) is 7.70. The van der Waals surface area contributed by atoms with E-state index in [0.717, 1.165) is 61.4 Å². The maximum atomic E-state index is 14.4. The molecule has 0 unspecified atom stereocenters. The van der Waals surface area contributed by atoms with Crippen molar-refractivity contribution in [2.45, 2.75) is 117 Å². The molecule has 372 valence electrons. The number of aliphatic hydroxyl groups is 1. The number of thiophene rings is 1. The Morgan fingerprint density at radius 3 is 2.39 bits per heavy atom. The van der Waals surface area contributed by atoms with E-state index in [-0.39, 0.29) is 61.2 Å². The smallest absolute Gasteiger partial charge is 0.248 e. The van der Waals surface area contributed by atoms with Crippen LogP contribution in [0.3, 0.4) is 0 Å². The maximum Gasteiger partial charge on any atom is 0.248 e. The summed E-state index contributed by atoms with van der Waals surface area (Å²) in [6.07, 6.45) is 9.25. The number of aliphatic imine (C=N–C) groups is 1. The van der Waals surface area contributed by atoms with E-state index in [4.69, 9.17) is 21.3 Å². The third-order valence-corrected chi connectivity index (χ3v) is 15.5. The zero-order valence-corrected chi connectivity index (χ0v) is 42.7. The molecule has 2 aromatic carbocycles. The molecule has 3 aliphatic rings. The van der Waals surface area contributed by atoms with Crippen LogP contribution in [0.25, 0.3) is 21.8 Å². The molecule has 2 aliphatic heterocycles. The molecule has 5 atom stereocenters. The number of nitrogens with zero attached hydrogens (tertiary/aromatic N) is 10. The molecule has 1 saturated heterocycles. The van der Waals surface area contributed by atoms with Gasteiger partial charge in [0.1, 0.15) is 40.9 Å². The highest BCUT2D eigenvalue weighted by Gasteiger charge is 2.43. The number of rotatable bonds is 14. The van der Waals surface area contributed by atoms with Crippen LogP contribution in [0, 0.1) is 33.6 Å². The van der Waals surface area contributed by atoms with E-state index in [1.165, 1.54) is 9.78 Å². The van der Waals surface area contributed by atoms with Gasteiger partial charge in [0.05, 0.1) is 30.5 Å². The first kappa shape index (κ1) is 48.6. The molecule has 0 spiro atoms. The lowest BCUT2D eigenvalue weighted by Gasteiger charge is -2.35. The topological polar surface area (TPSA) is 200 Å². The number of likely N-dealkylation sites (tertiary alicyclic amines) is 1. The number of carbonyl (C=O) groups is 3. The van der Waals surface area contributed by atoms with Gasteiger partial charge in [-0.25, -0.2) is 9.97 Å². The van der Waals surface area contributed by atoms with E-state index in [9.17, 15) is 19.5 Å². The zero-order chi connectivity index (χ0) is 50.5. The molecule has 17 nitrogen and oxygen atoms in total. The number of pyridine rings is 1. The molecule has 1 saturated carbocycles. The zero-order valence-electron chi connectivity index (χ0n) is 41.2. The van der Waals surface area contributed by atoms with E-state index < -0.39 is 24.2 Å². The minimum absolute atomic E-state index is 0.0408. The number of ether oxygens (including phenoxy) is 1. The van der Waals surface area contributed by atoms with Gasteiger partial charge in [-0.3, -0.25) is 28.6 Å². The van der Waals surface area contributed by atoms with Gasteiger partial charge in [-0.2, -0.15) is 5.10 Å². The number of benzene rings is 2. The van der Waals surface area contributed by atoms with Crippen LogP contribution in [0.1, 0.15) is 109 Å². The molecule has 3 N–H and O–H groups in total. The summed E-state index contributed by atoms with van der Waals surface area (Å²) in [4.78, 5) is 58.7. The minimum atomic E-state index is -0.848. The third kappa shape index (κ3) is 9.57. The molecule has 72 heavy (non-hydrogen) atoms. The Balaban J connectivity index is 0.762. The van der Waals surface area contributed by atoms with Crippen LogP contribution in [-0.2, 0) is 14.4 Å². The van der Waals surface area contributed by atoms with Crippen LogP contribution in [0.4, 0.5) is 0 Å². The fourth-order valence-electron chi connectivity index (χ4n) is 9.98. The predicted molar refractivity (Wildman–Crippen MR) is 274 cm³/mol. The standard InChI is InChI=1S/C53H57ClN12O5S/c1-28(2)49(52(70)64-27-41(67)23-44(64)51(69)58-30(4)34-10-14-40(15-11-34)63-19-18-55-32(63)6)65-26-37(25-57-65)36-16-17-56-46(20-36)71-42-21-39(22-42)59-45(68)24-43-50-62-61-33(7)66(50)53-47(29(3)31(5)72-53)48(60-43)35-8-12-38(54)13-9-35/h8-20,25-26,28,30,39,41-44,49,67H,21-24,27H2,1-7H3,(H,58,69)(H,59,68)/t30-,39?,41+,42?,43-,44-,49+/m0/s1. The largest absolute Gasteiger partial charge is 0.474 e. The SMILES string of the molecule is Cc1sc2c(c1C)C(c1ccc(Cl)cc1)=N[C@@H](CC(=O)NC1CC(Oc3cc(-c4cnn([C@@H](C(=O)N5C[C@H](O)C[C@H]5C(=O)N[C@@H](C)c5ccc(-n6ccnc6C)cc5)C(C)C)c4)ccn3)C1)c1nnc(C)n1-2. The van der Waals surface area contributed by atoms with Gasteiger partial charge in [-0.05, 0) is 87.6 Å². The number of hydrogen-bond donors (Lipinski definition) is 3. The molecule has 3 amide bonds. The lowest BCUT2D eigenvalue weighted by Crippen LogP contribution is -2.49. The lowest BCUT2D eigenvalue weighted by atomic mass is 9.89. The average Bonchev–Trinajstić information content (AvgIpc) is 4.19. The lowest BCUT2D eigenvalue weighted by molar-refractivity contribution is -0.142. The normalized spacial score (nSPS) is 20.2. The summed E-state index contributed by atoms with van der Waals surface area (Å²) in [5.41, 5.74) is 7.25. The van der Waals surface area contributed by atoms with E-state index in [1.54, 1.807) is 34.6 Å². The summed E-state index contributed by atoms with van der Waals surface area (Å²) in [6.45, 7) is 13.9. The Hall–Kier alpha value is -7.02. The number of aromatic nitrogens is 8. The summed E-state index contributed by atoms with van der Waals surface area (Å²) in [5.74, 6) is 1.70. The summed E-state index contributed by atoms with van der Waals surface area (Å²) >= 11 is 7.95. The number of fused-ring (bicyclic) bond motifs is 3. The molecule has 19 heteroatoms. The molecule has 7 heterocycles. The summed E-state index contributed by atoms with van der Waals surface area (Å²) in [7, 11) is 0. The minimum Gasteiger partial charge on any atom is -0.474 e. The van der Waals surface area contributed by atoms with E-state index in [0.29, 0.717) is 29.6 Å². The van der Waals surface area contributed by atoms with Crippen LogP contribution in [0.5, 0.6) is 5.88 Å². The monoisotopic (exact) mass is 1010 g/mol. The van der Waals surface area contributed by atoms with Crippen molar-refractivity contribution in [1.29, 1.82) is 0 Å². The highest BCUT2D eigenvalue weighted by Crippen LogP contribution is 2.40. The van der Waals surface area contributed by atoms with Gasteiger partial charge in [0.15, 0.2) is 5.82 Å². The van der Waals surface area contributed by atoms with Crippen LogP contribution < -0.4 is 15.4 Å². The fraction of sp³-hybridized carbons (Fsp3) is 0.377. The van der Waals surface area contributed by atoms with Crippen molar-refractivity contribution in [3.63, 3.8) is 0 Å². The number of imidazole rings is 1. The van der Waals surface area contributed by atoms with Crippen molar-refractivity contribution in [3.05, 3.63) is 141 Å². The second-order valence-corrected chi connectivity index (χ2v) is 21.1. The third-order valence-electron chi connectivity index (χ3n) is 14.0. The molecular formula is C53H57ClN12O5S. The Kier molecular flexibility index (Phi) is 13.4. The quantitative estimate of drug-likeness (QED) is 0.0970. The number of β-amino-alcohol motifs (C(OH)–C–C–N with tert-alkyl or cyclic N) is 1. The van der Waals surface area contributed by atoms with Crippen molar-refractivity contribution in [2.24, 2.45) is 10.9 Å². The number of amides is 3. The van der Waals surface area contributed by atoms with E-state index in [2.05, 4.69) is 49.7 Å². The summed E-state index contributed by atoms with van der Waals surface area (Å²) in [5, 5.41) is 32.3. The molecule has 7 aromatic rings. The number of nitrogens with one attached hydrogen (secondary N) is 2. The van der Waals surface area contributed by atoms with Gasteiger partial charge < -0.3 is 29.9 Å².